The Hall–Kier alpha value is -1.73. The molecule has 4 N–H and O–H groups in total. The summed E-state index contributed by atoms with van der Waals surface area (Å²) in [6, 6.07) is 0. The number of nitrogens with two attached hydrogens (primary N) is 1. The summed E-state index contributed by atoms with van der Waals surface area (Å²) in [7, 11) is 0. The minimum atomic E-state index is 0.331. The number of anilines is 2. The summed E-state index contributed by atoms with van der Waals surface area (Å²) in [5.41, 5.74) is 9.13. The monoisotopic (exact) mass is 318 g/mol. The van der Waals surface area contributed by atoms with E-state index in [4.69, 9.17) is 5.73 Å². The average molecular weight is 318 g/mol. The van der Waals surface area contributed by atoms with Crippen molar-refractivity contribution in [1.29, 1.82) is 0 Å². The molecule has 0 atom stereocenters. The minimum absolute atomic E-state index is 0.331. The molecule has 0 spiro atoms. The van der Waals surface area contributed by atoms with Crippen LogP contribution in [0.25, 0.3) is 0 Å². The minimum Gasteiger partial charge on any atom is -0.368 e. The molecule has 3 heterocycles. The molecule has 0 aliphatic carbocycles. The van der Waals surface area contributed by atoms with Crippen LogP contribution in [0, 0.1) is 6.92 Å². The topological polar surface area (TPSA) is 88.8 Å². The van der Waals surface area contributed by atoms with Crippen molar-refractivity contribution in [3.8, 4) is 0 Å². The zero-order valence-electron chi connectivity index (χ0n) is 13.1. The fraction of sp³-hybridized carbons (Fsp3) is 0.533. The summed E-state index contributed by atoms with van der Waals surface area (Å²) in [4.78, 5) is 14.6. The second-order valence-electron chi connectivity index (χ2n) is 5.50. The predicted octanol–water partition coefficient (Wildman–Crippen LogP) is 2.03. The Bertz CT molecular complexity index is 666. The van der Waals surface area contributed by atoms with Crippen molar-refractivity contribution in [3.63, 3.8) is 0 Å². The van der Waals surface area contributed by atoms with Crippen LogP contribution in [0.4, 0.5) is 11.8 Å². The number of hydrogen-bond acceptors (Lipinski definition) is 7. The van der Waals surface area contributed by atoms with Gasteiger partial charge in [-0.3, -0.25) is 0 Å². The number of thiazole rings is 1. The molecular weight excluding hydrogens is 296 g/mol. The Kier molecular flexibility index (Phi) is 4.54. The molecule has 1 aliphatic rings. The molecule has 0 bridgehead atoms. The van der Waals surface area contributed by atoms with Crippen LogP contribution in [0.2, 0.25) is 0 Å². The molecular formula is C15H22N6S. The van der Waals surface area contributed by atoms with Crippen molar-refractivity contribution in [2.75, 3.05) is 17.6 Å². The van der Waals surface area contributed by atoms with Crippen molar-refractivity contribution in [1.82, 2.24) is 20.3 Å². The van der Waals surface area contributed by atoms with Crippen LogP contribution < -0.4 is 16.4 Å². The van der Waals surface area contributed by atoms with Gasteiger partial charge in [0.05, 0.1) is 22.9 Å². The molecule has 2 aromatic rings. The van der Waals surface area contributed by atoms with Crippen LogP contribution in [0.15, 0.2) is 0 Å². The molecule has 3 rings (SSSR count). The standard InChI is InChI=1S/C15H22N6S/c1-3-4-13-19-9(2)12(22-13)8-18-14-10-5-6-17-7-11(10)20-15(16)21-14/h17H,3-8H2,1-2H3,(H3,16,18,20,21). The molecule has 2 aromatic heterocycles. The third-order valence-electron chi connectivity index (χ3n) is 3.77. The van der Waals surface area contributed by atoms with E-state index in [1.165, 1.54) is 15.4 Å². The molecule has 0 saturated heterocycles. The van der Waals surface area contributed by atoms with E-state index in [9.17, 15) is 0 Å². The summed E-state index contributed by atoms with van der Waals surface area (Å²) >= 11 is 1.78. The number of hydrogen-bond donors (Lipinski definition) is 3. The van der Waals surface area contributed by atoms with Gasteiger partial charge < -0.3 is 16.4 Å². The van der Waals surface area contributed by atoms with E-state index in [2.05, 4.69) is 39.4 Å². The zero-order valence-corrected chi connectivity index (χ0v) is 13.9. The van der Waals surface area contributed by atoms with Gasteiger partial charge in [-0.25, -0.2) is 9.97 Å². The van der Waals surface area contributed by atoms with Gasteiger partial charge in [-0.05, 0) is 32.7 Å². The van der Waals surface area contributed by atoms with Gasteiger partial charge in [-0.2, -0.15) is 4.98 Å². The van der Waals surface area contributed by atoms with Crippen molar-refractivity contribution in [2.24, 2.45) is 0 Å². The maximum absolute atomic E-state index is 5.83. The van der Waals surface area contributed by atoms with Gasteiger partial charge in [0.1, 0.15) is 5.82 Å². The van der Waals surface area contributed by atoms with Crippen molar-refractivity contribution >= 4 is 23.1 Å². The Morgan fingerprint density at radius 1 is 1.32 bits per heavy atom. The van der Waals surface area contributed by atoms with Gasteiger partial charge in [0, 0.05) is 17.0 Å². The van der Waals surface area contributed by atoms with E-state index in [0.29, 0.717) is 5.95 Å². The SMILES string of the molecule is CCCc1nc(C)c(CNc2nc(N)nc3c2CCNC3)s1. The molecule has 1 aliphatic heterocycles. The Balaban J connectivity index is 1.78. The van der Waals surface area contributed by atoms with Crippen LogP contribution in [0.3, 0.4) is 0 Å². The lowest BCUT2D eigenvalue weighted by Crippen LogP contribution is -2.26. The molecule has 0 amide bonds. The maximum Gasteiger partial charge on any atom is 0.222 e. The molecule has 0 fully saturated rings. The van der Waals surface area contributed by atoms with E-state index in [0.717, 1.165) is 56.1 Å². The van der Waals surface area contributed by atoms with E-state index in [1.54, 1.807) is 11.3 Å². The van der Waals surface area contributed by atoms with Crippen LogP contribution in [0.5, 0.6) is 0 Å². The van der Waals surface area contributed by atoms with Gasteiger partial charge in [-0.15, -0.1) is 11.3 Å². The highest BCUT2D eigenvalue weighted by molar-refractivity contribution is 7.11. The maximum atomic E-state index is 5.83. The number of aromatic nitrogens is 3. The van der Waals surface area contributed by atoms with Gasteiger partial charge in [0.2, 0.25) is 5.95 Å². The first-order chi connectivity index (χ1) is 10.7. The fourth-order valence-corrected chi connectivity index (χ4v) is 3.77. The molecule has 0 radical (unpaired) electrons. The lowest BCUT2D eigenvalue weighted by Gasteiger charge is -2.19. The van der Waals surface area contributed by atoms with E-state index in [1.807, 2.05) is 0 Å². The number of nitrogen functional groups attached to an aromatic ring is 1. The summed E-state index contributed by atoms with van der Waals surface area (Å²) < 4.78 is 0. The summed E-state index contributed by atoms with van der Waals surface area (Å²) in [5.74, 6) is 1.20. The van der Waals surface area contributed by atoms with Gasteiger partial charge in [0.15, 0.2) is 0 Å². The fourth-order valence-electron chi connectivity index (χ4n) is 2.66. The Morgan fingerprint density at radius 3 is 3.00 bits per heavy atom. The first kappa shape index (κ1) is 15.2. The van der Waals surface area contributed by atoms with E-state index < -0.39 is 0 Å². The molecule has 0 saturated carbocycles. The number of fused-ring (bicyclic) bond motifs is 1. The van der Waals surface area contributed by atoms with E-state index >= 15 is 0 Å². The van der Waals surface area contributed by atoms with Crippen molar-refractivity contribution in [3.05, 3.63) is 26.8 Å². The smallest absolute Gasteiger partial charge is 0.222 e. The Labute approximate surface area is 134 Å². The van der Waals surface area contributed by atoms with Crippen LogP contribution in [0.1, 0.15) is 40.2 Å². The molecule has 0 unspecified atom stereocenters. The summed E-state index contributed by atoms with van der Waals surface area (Å²) in [5, 5.41) is 7.96. The molecule has 118 valence electrons. The quantitative estimate of drug-likeness (QED) is 0.782. The second kappa shape index (κ2) is 6.58. The highest BCUT2D eigenvalue weighted by atomic mass is 32.1. The molecule has 22 heavy (non-hydrogen) atoms. The highest BCUT2D eigenvalue weighted by Gasteiger charge is 2.17. The van der Waals surface area contributed by atoms with Gasteiger partial charge >= 0.3 is 0 Å². The lowest BCUT2D eigenvalue weighted by molar-refractivity contribution is 0.625. The first-order valence-electron chi connectivity index (χ1n) is 7.72. The zero-order chi connectivity index (χ0) is 15.5. The Morgan fingerprint density at radius 2 is 2.18 bits per heavy atom. The number of aryl methyl sites for hydroxylation is 2. The van der Waals surface area contributed by atoms with Crippen LogP contribution in [-0.2, 0) is 25.9 Å². The van der Waals surface area contributed by atoms with Gasteiger partial charge in [0.25, 0.3) is 0 Å². The number of rotatable bonds is 5. The van der Waals surface area contributed by atoms with Crippen LogP contribution >= 0.6 is 11.3 Å². The molecule has 6 nitrogen and oxygen atoms in total. The van der Waals surface area contributed by atoms with Crippen molar-refractivity contribution in [2.45, 2.75) is 46.2 Å². The third kappa shape index (κ3) is 3.20. The number of nitrogens with zero attached hydrogens (tertiary/aromatic N) is 3. The van der Waals surface area contributed by atoms with E-state index in [-0.39, 0.29) is 0 Å². The number of nitrogens with one attached hydrogen (secondary N) is 2. The summed E-state index contributed by atoms with van der Waals surface area (Å²) in [6.07, 6.45) is 3.11. The largest absolute Gasteiger partial charge is 0.368 e. The lowest BCUT2D eigenvalue weighted by atomic mass is 10.1. The first-order valence-corrected chi connectivity index (χ1v) is 8.54. The third-order valence-corrected chi connectivity index (χ3v) is 4.99. The second-order valence-corrected chi connectivity index (χ2v) is 6.67. The highest BCUT2D eigenvalue weighted by Crippen LogP contribution is 2.24. The van der Waals surface area contributed by atoms with Gasteiger partial charge in [-0.1, -0.05) is 6.92 Å². The average Bonchev–Trinajstić information content (AvgIpc) is 2.85. The normalized spacial score (nSPS) is 13.9. The predicted molar refractivity (Wildman–Crippen MR) is 90.0 cm³/mol. The summed E-state index contributed by atoms with van der Waals surface area (Å²) in [6.45, 7) is 6.70. The van der Waals surface area contributed by atoms with Crippen molar-refractivity contribution < 1.29 is 0 Å². The molecule has 0 aromatic carbocycles. The van der Waals surface area contributed by atoms with Crippen LogP contribution in [-0.4, -0.2) is 21.5 Å². The molecule has 7 heteroatoms.